The molecule has 0 saturated carbocycles. The summed E-state index contributed by atoms with van der Waals surface area (Å²) in [7, 11) is 2.04. The molecular formula is C16H25NOS. The smallest absolute Gasteiger partial charge is 0.0607 e. The van der Waals surface area contributed by atoms with Crippen molar-refractivity contribution in [3.05, 3.63) is 35.4 Å². The normalized spacial score (nSPS) is 18.1. The van der Waals surface area contributed by atoms with E-state index in [1.54, 1.807) is 0 Å². The van der Waals surface area contributed by atoms with Crippen molar-refractivity contribution in [3.63, 3.8) is 0 Å². The molecule has 1 atom stereocenters. The molecule has 1 saturated heterocycles. The van der Waals surface area contributed by atoms with Crippen molar-refractivity contribution in [1.82, 2.24) is 5.32 Å². The van der Waals surface area contributed by atoms with Crippen LogP contribution in [0.2, 0.25) is 0 Å². The summed E-state index contributed by atoms with van der Waals surface area (Å²) in [6.45, 7) is 8.60. The number of ether oxygens (including phenoxy) is 1. The molecule has 1 fully saturated rings. The second-order valence-corrected chi connectivity index (χ2v) is 7.54. The Balaban J connectivity index is 1.97. The topological polar surface area (TPSA) is 21.3 Å². The molecule has 2 rings (SSSR count). The van der Waals surface area contributed by atoms with Crippen LogP contribution in [0.15, 0.2) is 24.3 Å². The highest BCUT2D eigenvalue weighted by atomic mass is 32.2. The van der Waals surface area contributed by atoms with Crippen molar-refractivity contribution in [2.45, 2.75) is 37.5 Å². The molecule has 3 heteroatoms. The van der Waals surface area contributed by atoms with Gasteiger partial charge in [0.25, 0.3) is 0 Å². The third-order valence-electron chi connectivity index (χ3n) is 3.63. The summed E-state index contributed by atoms with van der Waals surface area (Å²) in [4.78, 5) is 0. The van der Waals surface area contributed by atoms with Crippen LogP contribution in [0.3, 0.4) is 0 Å². The summed E-state index contributed by atoms with van der Waals surface area (Å²) in [5.41, 5.74) is 3.00. The summed E-state index contributed by atoms with van der Waals surface area (Å²) in [5.74, 6) is 1.11. The van der Waals surface area contributed by atoms with Crippen LogP contribution in [-0.4, -0.2) is 31.3 Å². The van der Waals surface area contributed by atoms with E-state index in [0.29, 0.717) is 11.3 Å². The van der Waals surface area contributed by atoms with Gasteiger partial charge in [0.05, 0.1) is 18.5 Å². The van der Waals surface area contributed by atoms with E-state index in [-0.39, 0.29) is 5.41 Å². The van der Waals surface area contributed by atoms with Gasteiger partial charge in [-0.3, -0.25) is 0 Å². The first kappa shape index (κ1) is 14.9. The minimum Gasteiger partial charge on any atom is -0.379 e. The van der Waals surface area contributed by atoms with Crippen molar-refractivity contribution in [2.24, 2.45) is 0 Å². The van der Waals surface area contributed by atoms with Gasteiger partial charge in [-0.15, -0.1) is 0 Å². The maximum absolute atomic E-state index is 5.22. The molecule has 1 aliphatic rings. The Hall–Kier alpha value is -0.510. The van der Waals surface area contributed by atoms with Gasteiger partial charge < -0.3 is 10.1 Å². The molecule has 2 nitrogen and oxygen atoms in total. The first-order valence-electron chi connectivity index (χ1n) is 6.98. The van der Waals surface area contributed by atoms with Crippen LogP contribution >= 0.6 is 11.8 Å². The average molecular weight is 279 g/mol. The van der Waals surface area contributed by atoms with Gasteiger partial charge in [-0.2, -0.15) is 11.8 Å². The lowest BCUT2D eigenvalue weighted by Crippen LogP contribution is -2.32. The zero-order valence-corrected chi connectivity index (χ0v) is 13.2. The fraction of sp³-hybridized carbons (Fsp3) is 0.625. The highest BCUT2D eigenvalue weighted by Gasteiger charge is 2.21. The van der Waals surface area contributed by atoms with Crippen LogP contribution in [-0.2, 0) is 10.2 Å². The maximum Gasteiger partial charge on any atom is 0.0607 e. The van der Waals surface area contributed by atoms with Gasteiger partial charge in [0.15, 0.2) is 0 Å². The molecule has 0 aliphatic carbocycles. The van der Waals surface area contributed by atoms with Gasteiger partial charge in [-0.1, -0.05) is 45.0 Å². The van der Waals surface area contributed by atoms with Crippen LogP contribution in [0.25, 0.3) is 0 Å². The Kier molecular flexibility index (Phi) is 4.93. The predicted molar refractivity (Wildman–Crippen MR) is 84.0 cm³/mol. The van der Waals surface area contributed by atoms with Gasteiger partial charge in [0.1, 0.15) is 0 Å². The maximum atomic E-state index is 5.22. The molecule has 1 aromatic carbocycles. The number of hydrogen-bond donors (Lipinski definition) is 1. The molecule has 0 bridgehead atoms. The zero-order valence-electron chi connectivity index (χ0n) is 12.4. The number of nitrogens with one attached hydrogen (secondary N) is 1. The van der Waals surface area contributed by atoms with Crippen LogP contribution in [0.5, 0.6) is 0 Å². The molecular weight excluding hydrogens is 254 g/mol. The van der Waals surface area contributed by atoms with E-state index < -0.39 is 0 Å². The third-order valence-corrected chi connectivity index (χ3v) is 4.90. The molecule has 19 heavy (non-hydrogen) atoms. The van der Waals surface area contributed by atoms with E-state index in [2.05, 4.69) is 50.4 Å². The number of benzene rings is 1. The van der Waals surface area contributed by atoms with E-state index >= 15 is 0 Å². The Labute approximate surface area is 121 Å². The largest absolute Gasteiger partial charge is 0.379 e. The second-order valence-electron chi connectivity index (χ2n) is 6.21. The minimum absolute atomic E-state index is 0.228. The van der Waals surface area contributed by atoms with Gasteiger partial charge in [-0.05, 0) is 23.6 Å². The van der Waals surface area contributed by atoms with Gasteiger partial charge in [-0.25, -0.2) is 0 Å². The summed E-state index contributed by atoms with van der Waals surface area (Å²) >= 11 is 2.01. The van der Waals surface area contributed by atoms with Crippen molar-refractivity contribution in [1.29, 1.82) is 0 Å². The zero-order chi connectivity index (χ0) is 13.9. The first-order valence-corrected chi connectivity index (χ1v) is 8.02. The van der Waals surface area contributed by atoms with E-state index in [0.717, 1.165) is 19.0 Å². The molecule has 0 amide bonds. The highest BCUT2D eigenvalue weighted by Crippen LogP contribution is 2.27. The monoisotopic (exact) mass is 279 g/mol. The minimum atomic E-state index is 0.228. The SMILES string of the molecule is CNC(CSC1COC1)c1ccc(C(C)(C)C)cc1. The van der Waals surface area contributed by atoms with Crippen LogP contribution < -0.4 is 5.32 Å². The molecule has 1 aromatic rings. The lowest BCUT2D eigenvalue weighted by Gasteiger charge is -2.27. The van der Waals surface area contributed by atoms with Gasteiger partial charge in [0.2, 0.25) is 0 Å². The Morgan fingerprint density at radius 1 is 1.26 bits per heavy atom. The first-order chi connectivity index (χ1) is 9.00. The summed E-state index contributed by atoms with van der Waals surface area (Å²) in [5, 5.41) is 4.12. The van der Waals surface area contributed by atoms with Crippen molar-refractivity contribution in [2.75, 3.05) is 26.0 Å². The molecule has 0 radical (unpaired) electrons. The second kappa shape index (κ2) is 6.29. The van der Waals surface area contributed by atoms with E-state index in [4.69, 9.17) is 4.74 Å². The predicted octanol–water partition coefficient (Wildman–Crippen LogP) is 3.38. The molecule has 1 heterocycles. The molecule has 0 spiro atoms. The molecule has 1 aliphatic heterocycles. The third kappa shape index (κ3) is 3.98. The van der Waals surface area contributed by atoms with Crippen molar-refractivity contribution in [3.8, 4) is 0 Å². The lowest BCUT2D eigenvalue weighted by molar-refractivity contribution is 0.0455. The highest BCUT2D eigenvalue weighted by molar-refractivity contribution is 8.00. The van der Waals surface area contributed by atoms with Gasteiger partial charge >= 0.3 is 0 Å². The molecule has 0 aromatic heterocycles. The summed E-state index contributed by atoms with van der Waals surface area (Å²) in [6.07, 6.45) is 0. The quantitative estimate of drug-likeness (QED) is 0.893. The number of thioether (sulfide) groups is 1. The summed E-state index contributed by atoms with van der Waals surface area (Å²) in [6, 6.07) is 9.48. The molecule has 106 valence electrons. The fourth-order valence-corrected chi connectivity index (χ4v) is 3.31. The van der Waals surface area contributed by atoms with E-state index in [9.17, 15) is 0 Å². The summed E-state index contributed by atoms with van der Waals surface area (Å²) < 4.78 is 5.22. The fourth-order valence-electron chi connectivity index (χ4n) is 2.10. The number of rotatable bonds is 5. The average Bonchev–Trinajstić information content (AvgIpc) is 2.31. The molecule has 1 unspecified atom stereocenters. The molecule has 1 N–H and O–H groups in total. The van der Waals surface area contributed by atoms with Crippen LogP contribution in [0, 0.1) is 0 Å². The number of hydrogen-bond acceptors (Lipinski definition) is 3. The lowest BCUT2D eigenvalue weighted by atomic mass is 9.86. The van der Waals surface area contributed by atoms with E-state index in [1.807, 2.05) is 18.8 Å². The van der Waals surface area contributed by atoms with Crippen LogP contribution in [0.1, 0.15) is 37.9 Å². The standard InChI is InChI=1S/C16H25NOS/c1-16(2,3)13-7-5-12(6-8-13)15(17-4)11-19-14-9-18-10-14/h5-8,14-15,17H,9-11H2,1-4H3. The Morgan fingerprint density at radius 3 is 2.32 bits per heavy atom. The van der Waals surface area contributed by atoms with Crippen molar-refractivity contribution >= 4 is 11.8 Å². The van der Waals surface area contributed by atoms with Crippen LogP contribution in [0.4, 0.5) is 0 Å². The Morgan fingerprint density at radius 2 is 1.89 bits per heavy atom. The van der Waals surface area contributed by atoms with Crippen molar-refractivity contribution < 1.29 is 4.74 Å². The van der Waals surface area contributed by atoms with Gasteiger partial charge in [0, 0.05) is 11.8 Å². The Bertz CT molecular complexity index is 392. The van der Waals surface area contributed by atoms with E-state index in [1.165, 1.54) is 11.1 Å².